The van der Waals surface area contributed by atoms with E-state index in [1.54, 1.807) is 5.57 Å². The van der Waals surface area contributed by atoms with E-state index >= 15 is 0 Å². The van der Waals surface area contributed by atoms with Gasteiger partial charge in [0.1, 0.15) is 0 Å². The first-order valence-electron chi connectivity index (χ1n) is 15.9. The molecule has 0 radical (unpaired) electrons. The van der Waals surface area contributed by atoms with Gasteiger partial charge in [0.05, 0.1) is 0 Å². The molecular formula is C33H56O2Se. The van der Waals surface area contributed by atoms with Crippen molar-refractivity contribution in [1.29, 1.82) is 0 Å². The number of ether oxygens (including phenoxy) is 2. The molecule has 1 heterocycles. The molecule has 9 atom stereocenters. The van der Waals surface area contributed by atoms with E-state index in [9.17, 15) is 0 Å². The Bertz CT molecular complexity index is 787. The van der Waals surface area contributed by atoms with Crippen LogP contribution in [0.3, 0.4) is 0 Å². The average Bonchev–Trinajstić information content (AvgIpc) is 3.21. The third-order valence-electron chi connectivity index (χ3n) is 12.2. The van der Waals surface area contributed by atoms with Crippen LogP contribution in [0.5, 0.6) is 0 Å². The molecule has 0 aromatic heterocycles. The normalized spacial score (nSPS) is 45.5. The molecule has 36 heavy (non-hydrogen) atoms. The number of rotatable bonds is 8. The second-order valence-electron chi connectivity index (χ2n) is 14.4. The Balaban J connectivity index is 1.30. The molecule has 1 aliphatic heterocycles. The fourth-order valence-corrected chi connectivity index (χ4v) is 11.1. The summed E-state index contributed by atoms with van der Waals surface area (Å²) < 4.78 is 12.6. The molecule has 0 N–H and O–H groups in total. The van der Waals surface area contributed by atoms with E-state index in [1.807, 2.05) is 0 Å². The van der Waals surface area contributed by atoms with Gasteiger partial charge in [0.15, 0.2) is 0 Å². The van der Waals surface area contributed by atoms with Crippen molar-refractivity contribution in [2.45, 2.75) is 142 Å². The summed E-state index contributed by atoms with van der Waals surface area (Å²) in [6.45, 7) is 13.5. The van der Waals surface area contributed by atoms with Gasteiger partial charge in [-0.15, -0.1) is 0 Å². The van der Waals surface area contributed by atoms with Gasteiger partial charge in [-0.1, -0.05) is 20.3 Å². The van der Waals surface area contributed by atoms with Crippen LogP contribution in [0.25, 0.3) is 0 Å². The van der Waals surface area contributed by atoms with Gasteiger partial charge in [-0.2, -0.15) is 0 Å². The monoisotopic (exact) mass is 564 g/mol. The molecule has 4 fully saturated rings. The van der Waals surface area contributed by atoms with Crippen molar-refractivity contribution in [1.82, 2.24) is 0 Å². The Kier molecular flexibility index (Phi) is 8.46. The van der Waals surface area contributed by atoms with E-state index in [1.165, 1.54) is 83.5 Å². The first-order chi connectivity index (χ1) is 17.2. The van der Waals surface area contributed by atoms with Crippen molar-refractivity contribution < 1.29 is 9.47 Å². The SMILES string of the molecule is CC[C@]12CCC([SeH])(OC3CCCCO3)CC1=CC[C@@H]1[C@@H]2CC[C@]2(C)[C@@H]([C@H](C)CCCC(C)C)CC[C@@H]12. The van der Waals surface area contributed by atoms with E-state index in [-0.39, 0.29) is 10.8 Å². The third kappa shape index (κ3) is 5.07. The van der Waals surface area contributed by atoms with Gasteiger partial charge in [0, 0.05) is 0 Å². The summed E-state index contributed by atoms with van der Waals surface area (Å²) in [6.07, 6.45) is 22.7. The summed E-state index contributed by atoms with van der Waals surface area (Å²) >= 11 is 2.96. The predicted octanol–water partition coefficient (Wildman–Crippen LogP) is 8.56. The molecule has 1 saturated heterocycles. The average molecular weight is 564 g/mol. The topological polar surface area (TPSA) is 18.5 Å². The minimum absolute atomic E-state index is 0.0151. The van der Waals surface area contributed by atoms with E-state index in [0.29, 0.717) is 10.8 Å². The van der Waals surface area contributed by atoms with Crippen LogP contribution in [0.2, 0.25) is 0 Å². The number of allylic oxidation sites excluding steroid dienone is 1. The van der Waals surface area contributed by atoms with E-state index in [2.05, 4.69) is 56.7 Å². The fraction of sp³-hybridized carbons (Fsp3) is 0.939. The van der Waals surface area contributed by atoms with Crippen molar-refractivity contribution in [3.63, 3.8) is 0 Å². The molecule has 3 heteroatoms. The fourth-order valence-electron chi connectivity index (χ4n) is 10.3. The number of hydrogen-bond donors (Lipinski definition) is 0. The van der Waals surface area contributed by atoms with Crippen molar-refractivity contribution >= 4 is 16.0 Å². The number of fused-ring (bicyclic) bond motifs is 5. The zero-order valence-electron chi connectivity index (χ0n) is 24.2. The molecule has 206 valence electrons. The minimum atomic E-state index is -0.0978. The second kappa shape index (κ2) is 11.0. The first kappa shape index (κ1) is 27.7. The molecule has 0 bridgehead atoms. The zero-order valence-corrected chi connectivity index (χ0v) is 26.1. The molecule has 4 aliphatic carbocycles. The van der Waals surface area contributed by atoms with Crippen molar-refractivity contribution in [3.05, 3.63) is 11.6 Å². The molecule has 2 nitrogen and oxygen atoms in total. The second-order valence-corrected chi connectivity index (χ2v) is 16.1. The maximum atomic E-state index is 6.68. The van der Waals surface area contributed by atoms with Crippen LogP contribution in [0.4, 0.5) is 0 Å². The molecule has 0 aromatic carbocycles. The Morgan fingerprint density at radius 1 is 1.03 bits per heavy atom. The summed E-state index contributed by atoms with van der Waals surface area (Å²) in [5.74, 6) is 5.47. The van der Waals surface area contributed by atoms with Crippen molar-refractivity contribution in [3.8, 4) is 0 Å². The first-order valence-corrected chi connectivity index (χ1v) is 16.9. The van der Waals surface area contributed by atoms with Crippen molar-refractivity contribution in [2.24, 2.45) is 46.3 Å². The summed E-state index contributed by atoms with van der Waals surface area (Å²) in [5.41, 5.74) is 2.78. The molecule has 0 aromatic rings. The van der Waals surface area contributed by atoms with Gasteiger partial charge in [0.25, 0.3) is 0 Å². The van der Waals surface area contributed by atoms with Crippen LogP contribution in [0, 0.1) is 46.3 Å². The van der Waals surface area contributed by atoms with Crippen LogP contribution < -0.4 is 0 Å². The Morgan fingerprint density at radius 2 is 1.86 bits per heavy atom. The predicted molar refractivity (Wildman–Crippen MR) is 152 cm³/mol. The maximum absolute atomic E-state index is 6.68. The van der Waals surface area contributed by atoms with Gasteiger partial charge >= 0.3 is 206 Å². The van der Waals surface area contributed by atoms with Crippen LogP contribution in [-0.4, -0.2) is 33.4 Å². The van der Waals surface area contributed by atoms with Crippen LogP contribution in [-0.2, 0) is 9.47 Å². The van der Waals surface area contributed by atoms with Gasteiger partial charge in [-0.05, 0) is 5.92 Å². The zero-order chi connectivity index (χ0) is 25.6. The molecule has 0 spiro atoms. The van der Waals surface area contributed by atoms with Crippen LogP contribution in [0.1, 0.15) is 131 Å². The molecule has 2 unspecified atom stereocenters. The van der Waals surface area contributed by atoms with Crippen LogP contribution in [0.15, 0.2) is 11.6 Å². The van der Waals surface area contributed by atoms with Gasteiger partial charge in [-0.25, -0.2) is 0 Å². The summed E-state index contributed by atoms with van der Waals surface area (Å²) in [6, 6.07) is 0. The summed E-state index contributed by atoms with van der Waals surface area (Å²) in [5, 5.41) is 0. The molecule has 5 aliphatic rings. The van der Waals surface area contributed by atoms with Crippen molar-refractivity contribution in [2.75, 3.05) is 6.61 Å². The van der Waals surface area contributed by atoms with Gasteiger partial charge < -0.3 is 0 Å². The van der Waals surface area contributed by atoms with E-state index in [0.717, 1.165) is 55.0 Å². The van der Waals surface area contributed by atoms with E-state index < -0.39 is 0 Å². The summed E-state index contributed by atoms with van der Waals surface area (Å²) in [4.78, 5) is 0. The van der Waals surface area contributed by atoms with Gasteiger partial charge in [0.2, 0.25) is 0 Å². The Labute approximate surface area is 231 Å². The summed E-state index contributed by atoms with van der Waals surface area (Å²) in [7, 11) is 0. The Hall–Kier alpha value is 0.179. The molecule has 3 saturated carbocycles. The molecule has 0 amide bonds. The quantitative estimate of drug-likeness (QED) is 0.218. The van der Waals surface area contributed by atoms with Crippen LogP contribution >= 0.6 is 0 Å². The molecular weight excluding hydrogens is 507 g/mol. The molecule has 5 rings (SSSR count). The standard InChI is InChI=1S/C33H56O2Se/c1-6-32-19-20-33(36,35-30-12-7-8-21-34-30)22-25(32)13-14-26-28-16-15-27(24(4)11-9-10-23(2)3)31(28,5)18-17-29(26)32/h13,23-24,26-30,36H,6-12,14-22H2,1-5H3/t24-,26+,27-,28+,29+,30?,31-,32+,33?/m1/s1. The Morgan fingerprint density at radius 3 is 2.58 bits per heavy atom. The van der Waals surface area contributed by atoms with E-state index in [4.69, 9.17) is 9.47 Å². The third-order valence-corrected chi connectivity index (χ3v) is 13.2. The number of hydrogen-bond acceptors (Lipinski definition) is 2. The van der Waals surface area contributed by atoms with Gasteiger partial charge in [-0.3, -0.25) is 0 Å².